The zero-order valence-corrected chi connectivity index (χ0v) is 13.1. The molecule has 6 heteroatoms. The van der Waals surface area contributed by atoms with Crippen molar-refractivity contribution in [3.63, 3.8) is 0 Å². The van der Waals surface area contributed by atoms with E-state index in [9.17, 15) is 9.59 Å². The van der Waals surface area contributed by atoms with Crippen molar-refractivity contribution in [3.05, 3.63) is 35.9 Å². The molecule has 0 radical (unpaired) electrons. The molecule has 1 aromatic rings. The van der Waals surface area contributed by atoms with E-state index in [2.05, 4.69) is 0 Å². The Labute approximate surface area is 135 Å². The van der Waals surface area contributed by atoms with E-state index in [4.69, 9.17) is 18.9 Å². The first-order chi connectivity index (χ1) is 11.3. The lowest BCUT2D eigenvalue weighted by Gasteiger charge is -2.22. The van der Waals surface area contributed by atoms with E-state index >= 15 is 0 Å². The summed E-state index contributed by atoms with van der Waals surface area (Å²) in [5, 5.41) is 0. The summed E-state index contributed by atoms with van der Waals surface area (Å²) in [5.74, 6) is -1.52. The van der Waals surface area contributed by atoms with Crippen molar-refractivity contribution in [2.45, 2.75) is 25.6 Å². The molecule has 0 bridgehead atoms. The van der Waals surface area contributed by atoms with Crippen molar-refractivity contribution in [1.29, 1.82) is 0 Å². The summed E-state index contributed by atoms with van der Waals surface area (Å²) in [7, 11) is 0. The Morgan fingerprint density at radius 3 is 2.57 bits per heavy atom. The number of carbonyl (C=O) groups excluding carboxylic acids is 2. The quantitative estimate of drug-likeness (QED) is 0.300. The van der Waals surface area contributed by atoms with Gasteiger partial charge in [-0.15, -0.1) is 0 Å². The third-order valence-electron chi connectivity index (χ3n) is 3.35. The highest BCUT2D eigenvalue weighted by atomic mass is 16.7. The molecule has 1 fully saturated rings. The third kappa shape index (κ3) is 6.48. The Balaban J connectivity index is 1.50. The Hall–Kier alpha value is -1.76. The van der Waals surface area contributed by atoms with Crippen LogP contribution < -0.4 is 0 Å². The maximum absolute atomic E-state index is 11.7. The van der Waals surface area contributed by atoms with Crippen LogP contribution in [0.5, 0.6) is 0 Å². The second-order valence-electron chi connectivity index (χ2n) is 5.11. The minimum Gasteiger partial charge on any atom is -0.457 e. The molecule has 126 valence electrons. The number of benzene rings is 1. The van der Waals surface area contributed by atoms with Crippen molar-refractivity contribution >= 4 is 11.8 Å². The molecule has 0 amide bonds. The first-order valence-electron chi connectivity index (χ1n) is 7.85. The molecule has 1 aliphatic heterocycles. The molecule has 1 heterocycles. The van der Waals surface area contributed by atoms with Gasteiger partial charge in [-0.3, -0.25) is 4.79 Å². The highest BCUT2D eigenvalue weighted by Crippen LogP contribution is 2.13. The van der Waals surface area contributed by atoms with E-state index in [-0.39, 0.29) is 19.5 Å². The molecule has 2 rings (SSSR count). The number of ketones is 1. The Bertz CT molecular complexity index is 481. The number of hydrogen-bond acceptors (Lipinski definition) is 6. The van der Waals surface area contributed by atoms with Crippen LogP contribution in [0.2, 0.25) is 0 Å². The van der Waals surface area contributed by atoms with E-state index in [0.29, 0.717) is 18.8 Å². The predicted octanol–water partition coefficient (Wildman–Crippen LogP) is 1.97. The molecule has 23 heavy (non-hydrogen) atoms. The van der Waals surface area contributed by atoms with Gasteiger partial charge in [-0.2, -0.15) is 0 Å². The number of ether oxygens (including phenoxy) is 4. The lowest BCUT2D eigenvalue weighted by Crippen LogP contribution is -2.24. The fourth-order valence-corrected chi connectivity index (χ4v) is 2.15. The summed E-state index contributed by atoms with van der Waals surface area (Å²) in [6.07, 6.45) is 2.99. The second kappa shape index (κ2) is 10.1. The van der Waals surface area contributed by atoms with Crippen LogP contribution in [-0.4, -0.2) is 51.1 Å². The van der Waals surface area contributed by atoms with Gasteiger partial charge in [0.15, 0.2) is 6.29 Å². The topological polar surface area (TPSA) is 71.1 Å². The van der Waals surface area contributed by atoms with Gasteiger partial charge in [0, 0.05) is 12.2 Å². The lowest BCUT2D eigenvalue weighted by molar-refractivity contribution is -0.169. The van der Waals surface area contributed by atoms with E-state index in [1.165, 1.54) is 0 Å². The van der Waals surface area contributed by atoms with Gasteiger partial charge >= 0.3 is 5.97 Å². The lowest BCUT2D eigenvalue weighted by atomic mass is 10.1. The first kappa shape index (κ1) is 17.6. The predicted molar refractivity (Wildman–Crippen MR) is 82.1 cm³/mol. The molecule has 1 atom stereocenters. The van der Waals surface area contributed by atoms with Gasteiger partial charge in [0.1, 0.15) is 6.61 Å². The van der Waals surface area contributed by atoms with Crippen LogP contribution in [0.3, 0.4) is 0 Å². The summed E-state index contributed by atoms with van der Waals surface area (Å²) in [6, 6.07) is 8.31. The Morgan fingerprint density at radius 1 is 1.04 bits per heavy atom. The van der Waals surface area contributed by atoms with Crippen LogP contribution in [0.25, 0.3) is 0 Å². The molecule has 0 saturated carbocycles. The van der Waals surface area contributed by atoms with Crippen molar-refractivity contribution in [3.8, 4) is 0 Å². The van der Waals surface area contributed by atoms with E-state index in [1.54, 1.807) is 30.3 Å². The largest absolute Gasteiger partial charge is 0.457 e. The van der Waals surface area contributed by atoms with Crippen molar-refractivity contribution in [1.82, 2.24) is 0 Å². The molecule has 1 aliphatic rings. The number of esters is 1. The van der Waals surface area contributed by atoms with Gasteiger partial charge in [-0.25, -0.2) is 4.79 Å². The third-order valence-corrected chi connectivity index (χ3v) is 3.35. The van der Waals surface area contributed by atoms with Gasteiger partial charge in [0.25, 0.3) is 5.78 Å². The minimum absolute atomic E-state index is 0.0390. The maximum atomic E-state index is 11.7. The summed E-state index contributed by atoms with van der Waals surface area (Å²) < 4.78 is 21.1. The summed E-state index contributed by atoms with van der Waals surface area (Å²) in [5.41, 5.74) is 0.319. The summed E-state index contributed by atoms with van der Waals surface area (Å²) >= 11 is 0. The number of rotatable bonds is 9. The highest BCUT2D eigenvalue weighted by molar-refractivity contribution is 6.40. The number of carbonyl (C=O) groups is 2. The fourth-order valence-electron chi connectivity index (χ4n) is 2.15. The summed E-state index contributed by atoms with van der Waals surface area (Å²) in [6.45, 7) is 1.84. The average molecular weight is 322 g/mol. The monoisotopic (exact) mass is 322 g/mol. The van der Waals surface area contributed by atoms with E-state index < -0.39 is 11.8 Å². The van der Waals surface area contributed by atoms with Gasteiger partial charge < -0.3 is 18.9 Å². The van der Waals surface area contributed by atoms with Crippen LogP contribution in [0, 0.1) is 0 Å². The van der Waals surface area contributed by atoms with Crippen LogP contribution in [-0.2, 0) is 23.7 Å². The molecule has 1 saturated heterocycles. The zero-order valence-electron chi connectivity index (χ0n) is 13.1. The molecular weight excluding hydrogens is 300 g/mol. The molecule has 1 aromatic carbocycles. The molecule has 0 aromatic heterocycles. The Kier molecular flexibility index (Phi) is 7.72. The fraction of sp³-hybridized carbons (Fsp3) is 0.529. The van der Waals surface area contributed by atoms with Crippen LogP contribution in [0.15, 0.2) is 30.3 Å². The van der Waals surface area contributed by atoms with Crippen molar-refractivity contribution in [2.75, 3.05) is 33.0 Å². The number of hydrogen-bond donors (Lipinski definition) is 0. The van der Waals surface area contributed by atoms with Gasteiger partial charge in [0.2, 0.25) is 0 Å². The zero-order chi connectivity index (χ0) is 16.3. The smallest absolute Gasteiger partial charge is 0.379 e. The molecule has 0 aliphatic carbocycles. The van der Waals surface area contributed by atoms with Crippen LogP contribution in [0.4, 0.5) is 0 Å². The SMILES string of the molecule is O=C(OCCOCCOC1CCCCO1)C(=O)c1ccccc1. The normalized spacial score (nSPS) is 17.7. The van der Waals surface area contributed by atoms with Gasteiger partial charge in [-0.1, -0.05) is 30.3 Å². The molecule has 6 nitrogen and oxygen atoms in total. The van der Waals surface area contributed by atoms with E-state index in [0.717, 1.165) is 25.9 Å². The van der Waals surface area contributed by atoms with E-state index in [1.807, 2.05) is 0 Å². The maximum Gasteiger partial charge on any atom is 0.379 e. The standard InChI is InChI=1S/C17H22O6/c18-16(14-6-2-1-3-7-14)17(19)23-13-11-20-10-12-22-15-8-4-5-9-21-15/h1-3,6-7,15H,4-5,8-13H2. The Morgan fingerprint density at radius 2 is 1.83 bits per heavy atom. The molecule has 0 N–H and O–H groups in total. The van der Waals surface area contributed by atoms with Gasteiger partial charge in [-0.05, 0) is 19.3 Å². The highest BCUT2D eigenvalue weighted by Gasteiger charge is 2.17. The number of Topliss-reactive ketones (excluding diaryl/α,β-unsaturated/α-hetero) is 1. The minimum atomic E-state index is -0.869. The summed E-state index contributed by atoms with van der Waals surface area (Å²) in [4.78, 5) is 23.3. The first-order valence-corrected chi connectivity index (χ1v) is 7.85. The van der Waals surface area contributed by atoms with Crippen LogP contribution >= 0.6 is 0 Å². The molecule has 0 spiro atoms. The average Bonchev–Trinajstić information content (AvgIpc) is 2.61. The van der Waals surface area contributed by atoms with Crippen molar-refractivity contribution < 1.29 is 28.5 Å². The van der Waals surface area contributed by atoms with Crippen LogP contribution in [0.1, 0.15) is 29.6 Å². The second-order valence-corrected chi connectivity index (χ2v) is 5.11. The van der Waals surface area contributed by atoms with Gasteiger partial charge in [0.05, 0.1) is 19.8 Å². The molecular formula is C17H22O6. The molecule has 1 unspecified atom stereocenters. The van der Waals surface area contributed by atoms with Crippen molar-refractivity contribution in [2.24, 2.45) is 0 Å².